The number of nitrogens with zero attached hydrogens (tertiary/aromatic N) is 2. The van der Waals surface area contributed by atoms with Gasteiger partial charge in [0.05, 0.1) is 5.69 Å². The van der Waals surface area contributed by atoms with Gasteiger partial charge in [-0.25, -0.2) is 4.39 Å². The number of hydrogen-bond acceptors (Lipinski definition) is 3. The number of pyridine rings is 2. The lowest BCUT2D eigenvalue weighted by molar-refractivity contribution is 0.0950. The van der Waals surface area contributed by atoms with E-state index in [0.717, 1.165) is 16.8 Å². The molecule has 1 N–H and O–H groups in total. The van der Waals surface area contributed by atoms with E-state index in [1.54, 1.807) is 24.7 Å². The van der Waals surface area contributed by atoms with Gasteiger partial charge in [-0.05, 0) is 42.0 Å². The van der Waals surface area contributed by atoms with Crippen molar-refractivity contribution in [2.24, 2.45) is 0 Å². The highest BCUT2D eigenvalue weighted by Crippen LogP contribution is 2.15. The van der Waals surface area contributed by atoms with E-state index in [9.17, 15) is 9.18 Å². The summed E-state index contributed by atoms with van der Waals surface area (Å²) in [6, 6.07) is 13.1. The summed E-state index contributed by atoms with van der Waals surface area (Å²) in [6.45, 7) is 0.329. The van der Waals surface area contributed by atoms with Gasteiger partial charge in [-0.3, -0.25) is 14.8 Å². The lowest BCUT2D eigenvalue weighted by Gasteiger charge is -2.06. The third kappa shape index (κ3) is 3.77. The van der Waals surface area contributed by atoms with E-state index >= 15 is 0 Å². The Kier molecular flexibility index (Phi) is 4.38. The van der Waals surface area contributed by atoms with Crippen LogP contribution in [0.2, 0.25) is 0 Å². The maximum Gasteiger partial charge on any atom is 0.251 e. The van der Waals surface area contributed by atoms with Crippen molar-refractivity contribution < 1.29 is 9.18 Å². The van der Waals surface area contributed by atoms with E-state index in [0.29, 0.717) is 12.1 Å². The fraction of sp³-hybridized carbons (Fsp3) is 0.0556. The number of carbonyl (C=O) groups is 1. The maximum absolute atomic E-state index is 13.1. The van der Waals surface area contributed by atoms with Crippen LogP contribution in [-0.2, 0) is 6.54 Å². The van der Waals surface area contributed by atoms with Crippen LogP contribution >= 0.6 is 0 Å². The molecule has 4 nitrogen and oxygen atoms in total. The van der Waals surface area contributed by atoms with Gasteiger partial charge in [0.1, 0.15) is 5.82 Å². The number of rotatable bonds is 4. The topological polar surface area (TPSA) is 54.9 Å². The van der Waals surface area contributed by atoms with Crippen molar-refractivity contribution in [3.05, 3.63) is 84.1 Å². The molecule has 23 heavy (non-hydrogen) atoms. The van der Waals surface area contributed by atoms with E-state index in [2.05, 4.69) is 15.3 Å². The smallest absolute Gasteiger partial charge is 0.251 e. The third-order valence-electron chi connectivity index (χ3n) is 3.32. The molecule has 0 bridgehead atoms. The summed E-state index contributed by atoms with van der Waals surface area (Å²) < 4.78 is 13.1. The highest BCUT2D eigenvalue weighted by atomic mass is 19.1. The van der Waals surface area contributed by atoms with Crippen molar-refractivity contribution in [1.82, 2.24) is 15.3 Å². The molecule has 3 aromatic rings. The van der Waals surface area contributed by atoms with Crippen LogP contribution in [0, 0.1) is 5.82 Å². The number of benzene rings is 1. The van der Waals surface area contributed by atoms with Crippen LogP contribution in [0.15, 0.2) is 67.1 Å². The van der Waals surface area contributed by atoms with Gasteiger partial charge in [0.15, 0.2) is 0 Å². The van der Waals surface area contributed by atoms with E-state index in [-0.39, 0.29) is 5.91 Å². The van der Waals surface area contributed by atoms with E-state index in [4.69, 9.17) is 0 Å². The minimum atomic E-state index is -0.430. The molecule has 0 radical (unpaired) electrons. The number of amides is 1. The van der Waals surface area contributed by atoms with Gasteiger partial charge in [-0.1, -0.05) is 12.1 Å². The lowest BCUT2D eigenvalue weighted by atomic mass is 10.1. The first-order valence-corrected chi connectivity index (χ1v) is 7.11. The van der Waals surface area contributed by atoms with E-state index in [1.165, 1.54) is 18.2 Å². The highest BCUT2D eigenvalue weighted by Gasteiger charge is 2.06. The zero-order valence-corrected chi connectivity index (χ0v) is 12.2. The molecular formula is C18H14FN3O. The number of aromatic nitrogens is 2. The molecule has 0 atom stereocenters. The van der Waals surface area contributed by atoms with Crippen LogP contribution in [0.1, 0.15) is 15.9 Å². The van der Waals surface area contributed by atoms with Gasteiger partial charge in [0.2, 0.25) is 0 Å². The predicted molar refractivity (Wildman–Crippen MR) is 85.0 cm³/mol. The first-order valence-electron chi connectivity index (χ1n) is 7.11. The van der Waals surface area contributed by atoms with Crippen molar-refractivity contribution in [1.29, 1.82) is 0 Å². The summed E-state index contributed by atoms with van der Waals surface area (Å²) in [5.41, 5.74) is 2.91. The van der Waals surface area contributed by atoms with Crippen LogP contribution in [0.5, 0.6) is 0 Å². The first kappa shape index (κ1) is 14.8. The zero-order chi connectivity index (χ0) is 16.1. The SMILES string of the molecule is O=C(NCc1ccc(-c2cccnc2)nc1)c1cccc(F)c1. The van der Waals surface area contributed by atoms with Crippen LogP contribution in [0.3, 0.4) is 0 Å². The molecule has 0 saturated carbocycles. The Balaban J connectivity index is 1.64. The van der Waals surface area contributed by atoms with E-state index in [1.807, 2.05) is 24.3 Å². The van der Waals surface area contributed by atoms with Crippen LogP contribution in [0.25, 0.3) is 11.3 Å². The Bertz CT molecular complexity index is 804. The second kappa shape index (κ2) is 6.79. The molecule has 2 aromatic heterocycles. The molecule has 2 heterocycles. The van der Waals surface area contributed by atoms with Crippen LogP contribution in [0.4, 0.5) is 4.39 Å². The Morgan fingerprint density at radius 3 is 2.70 bits per heavy atom. The fourth-order valence-electron chi connectivity index (χ4n) is 2.13. The van der Waals surface area contributed by atoms with Crippen LogP contribution in [-0.4, -0.2) is 15.9 Å². The number of hydrogen-bond donors (Lipinski definition) is 1. The van der Waals surface area contributed by atoms with Crippen molar-refractivity contribution in [3.8, 4) is 11.3 Å². The summed E-state index contributed by atoms with van der Waals surface area (Å²) in [6.07, 6.45) is 5.15. The molecule has 114 valence electrons. The average Bonchev–Trinajstić information content (AvgIpc) is 2.61. The molecular weight excluding hydrogens is 293 g/mol. The monoisotopic (exact) mass is 307 g/mol. The molecule has 0 spiro atoms. The van der Waals surface area contributed by atoms with Crippen molar-refractivity contribution in [3.63, 3.8) is 0 Å². The van der Waals surface area contributed by atoms with E-state index < -0.39 is 5.82 Å². The Labute approximate surface area is 133 Å². The number of halogens is 1. The Morgan fingerprint density at radius 1 is 1.09 bits per heavy atom. The predicted octanol–water partition coefficient (Wildman–Crippen LogP) is 3.21. The standard InChI is InChI=1S/C18H14FN3O/c19-16-5-1-3-14(9-16)18(23)22-11-13-6-7-17(21-10-13)15-4-2-8-20-12-15/h1-10,12H,11H2,(H,22,23). The zero-order valence-electron chi connectivity index (χ0n) is 12.2. The molecule has 0 aliphatic carbocycles. The number of nitrogens with one attached hydrogen (secondary N) is 1. The van der Waals surface area contributed by atoms with Crippen LogP contribution < -0.4 is 5.32 Å². The summed E-state index contributed by atoms with van der Waals surface area (Å²) >= 11 is 0. The van der Waals surface area contributed by atoms with Gasteiger partial charge < -0.3 is 5.32 Å². The number of carbonyl (C=O) groups excluding carboxylic acids is 1. The van der Waals surface area contributed by atoms with Gasteiger partial charge >= 0.3 is 0 Å². The highest BCUT2D eigenvalue weighted by molar-refractivity contribution is 5.94. The Hall–Kier alpha value is -3.08. The lowest BCUT2D eigenvalue weighted by Crippen LogP contribution is -2.22. The second-order valence-corrected chi connectivity index (χ2v) is 4.99. The summed E-state index contributed by atoms with van der Waals surface area (Å²) in [7, 11) is 0. The largest absolute Gasteiger partial charge is 0.348 e. The third-order valence-corrected chi connectivity index (χ3v) is 3.32. The molecule has 0 aliphatic rings. The molecule has 0 saturated heterocycles. The van der Waals surface area contributed by atoms with Gasteiger partial charge in [-0.2, -0.15) is 0 Å². The molecule has 1 amide bonds. The summed E-state index contributed by atoms with van der Waals surface area (Å²) in [5.74, 6) is -0.749. The molecule has 0 unspecified atom stereocenters. The van der Waals surface area contributed by atoms with Gasteiger partial charge in [0, 0.05) is 36.3 Å². The summed E-state index contributed by atoms with van der Waals surface area (Å²) in [5, 5.41) is 2.74. The quantitative estimate of drug-likeness (QED) is 0.805. The Morgan fingerprint density at radius 2 is 2.00 bits per heavy atom. The molecule has 3 rings (SSSR count). The minimum absolute atomic E-state index is 0.296. The normalized spacial score (nSPS) is 10.3. The molecule has 0 aliphatic heterocycles. The minimum Gasteiger partial charge on any atom is -0.348 e. The molecule has 1 aromatic carbocycles. The van der Waals surface area contributed by atoms with Gasteiger partial charge in [-0.15, -0.1) is 0 Å². The van der Waals surface area contributed by atoms with Crippen molar-refractivity contribution in [2.45, 2.75) is 6.54 Å². The second-order valence-electron chi connectivity index (χ2n) is 4.99. The van der Waals surface area contributed by atoms with Crippen molar-refractivity contribution in [2.75, 3.05) is 0 Å². The fourth-order valence-corrected chi connectivity index (χ4v) is 2.13. The molecule has 5 heteroatoms. The molecule has 0 fully saturated rings. The average molecular weight is 307 g/mol. The van der Waals surface area contributed by atoms with Crippen molar-refractivity contribution >= 4 is 5.91 Å². The summed E-state index contributed by atoms with van der Waals surface area (Å²) in [4.78, 5) is 20.4. The maximum atomic E-state index is 13.1. The first-order chi connectivity index (χ1) is 11.2. The van der Waals surface area contributed by atoms with Gasteiger partial charge in [0.25, 0.3) is 5.91 Å².